The van der Waals surface area contributed by atoms with Crippen molar-refractivity contribution in [1.29, 1.82) is 0 Å². The average Bonchev–Trinajstić information content (AvgIpc) is 2.71. The molecule has 0 unspecified atom stereocenters. The highest BCUT2D eigenvalue weighted by Crippen LogP contribution is 2.28. The summed E-state index contributed by atoms with van der Waals surface area (Å²) in [5, 5.41) is 25.9. The summed E-state index contributed by atoms with van der Waals surface area (Å²) >= 11 is 0. The van der Waals surface area contributed by atoms with Crippen molar-refractivity contribution in [2.24, 2.45) is 17.8 Å². The number of aliphatic carboxylic acids is 2. The number of alkyl carbamates (subject to hydrolysis) is 1. The fourth-order valence-corrected chi connectivity index (χ4v) is 3.77. The van der Waals surface area contributed by atoms with Crippen LogP contribution in [0.5, 0.6) is 0 Å². The van der Waals surface area contributed by atoms with Gasteiger partial charge in [0, 0.05) is 18.9 Å². The SMILES string of the molecule is CC(C)[C@@H](NC(=O)OC(C)(C)C)C(=O)NCC1CCC(C(=O)N[C@@H](CCC(=O)O)C(=O)O)CC1. The second-order valence-electron chi connectivity index (χ2n) is 10.2. The number of carbonyl (C=O) groups is 5. The molecule has 0 aliphatic heterocycles. The zero-order valence-electron chi connectivity index (χ0n) is 20.7. The minimum Gasteiger partial charge on any atom is -0.481 e. The summed E-state index contributed by atoms with van der Waals surface area (Å²) in [7, 11) is 0. The third-order valence-electron chi connectivity index (χ3n) is 5.67. The molecule has 0 aromatic carbocycles. The number of hydrogen-bond donors (Lipinski definition) is 5. The van der Waals surface area contributed by atoms with Gasteiger partial charge in [-0.3, -0.25) is 14.4 Å². The van der Waals surface area contributed by atoms with E-state index in [1.807, 2.05) is 13.8 Å². The topological polar surface area (TPSA) is 171 Å². The van der Waals surface area contributed by atoms with E-state index in [-0.39, 0.29) is 42.4 Å². The van der Waals surface area contributed by atoms with E-state index in [1.165, 1.54) is 0 Å². The van der Waals surface area contributed by atoms with Crippen molar-refractivity contribution >= 4 is 29.8 Å². The summed E-state index contributed by atoms with van der Waals surface area (Å²) in [6, 6.07) is -1.97. The van der Waals surface area contributed by atoms with Crippen LogP contribution in [-0.2, 0) is 23.9 Å². The number of carboxylic acids is 2. The first-order valence-electron chi connectivity index (χ1n) is 11.7. The molecular formula is C23H39N3O8. The van der Waals surface area contributed by atoms with E-state index in [4.69, 9.17) is 9.84 Å². The van der Waals surface area contributed by atoms with Crippen LogP contribution in [0.2, 0.25) is 0 Å². The molecule has 0 saturated heterocycles. The van der Waals surface area contributed by atoms with Crippen molar-refractivity contribution < 1.29 is 38.9 Å². The lowest BCUT2D eigenvalue weighted by molar-refractivity contribution is -0.144. The second kappa shape index (κ2) is 13.1. The number of nitrogens with one attached hydrogen (secondary N) is 3. The third kappa shape index (κ3) is 10.8. The maximum atomic E-state index is 12.7. The Morgan fingerprint density at radius 1 is 0.971 bits per heavy atom. The highest BCUT2D eigenvalue weighted by Gasteiger charge is 2.31. The number of rotatable bonds is 11. The van der Waals surface area contributed by atoms with Crippen molar-refractivity contribution in [2.45, 2.75) is 90.8 Å². The Morgan fingerprint density at radius 2 is 1.56 bits per heavy atom. The van der Waals surface area contributed by atoms with Gasteiger partial charge in [0.25, 0.3) is 0 Å². The lowest BCUT2D eigenvalue weighted by atomic mass is 9.81. The first-order valence-corrected chi connectivity index (χ1v) is 11.7. The summed E-state index contributed by atoms with van der Waals surface area (Å²) in [4.78, 5) is 59.1. The van der Waals surface area contributed by atoms with Gasteiger partial charge < -0.3 is 30.9 Å². The molecule has 0 radical (unpaired) electrons. The Morgan fingerprint density at radius 3 is 2.03 bits per heavy atom. The van der Waals surface area contributed by atoms with E-state index in [9.17, 15) is 29.1 Å². The fourth-order valence-electron chi connectivity index (χ4n) is 3.77. The number of amides is 3. The van der Waals surface area contributed by atoms with Gasteiger partial charge in [-0.05, 0) is 64.7 Å². The predicted molar refractivity (Wildman–Crippen MR) is 123 cm³/mol. The maximum Gasteiger partial charge on any atom is 0.408 e. The lowest BCUT2D eigenvalue weighted by Gasteiger charge is -2.30. The Labute approximate surface area is 200 Å². The molecule has 1 saturated carbocycles. The molecule has 0 bridgehead atoms. The van der Waals surface area contributed by atoms with Crippen LogP contribution in [0.1, 0.15) is 73.1 Å². The minimum atomic E-state index is -1.26. The van der Waals surface area contributed by atoms with Crippen molar-refractivity contribution in [1.82, 2.24) is 16.0 Å². The molecule has 3 amide bonds. The van der Waals surface area contributed by atoms with Crippen LogP contribution in [0.25, 0.3) is 0 Å². The first kappa shape index (κ1) is 29.2. The Hall–Kier alpha value is -2.85. The Bertz CT molecular complexity index is 739. The number of hydrogen-bond acceptors (Lipinski definition) is 6. The molecule has 1 aliphatic carbocycles. The Balaban J connectivity index is 2.50. The van der Waals surface area contributed by atoms with Gasteiger partial charge in [-0.2, -0.15) is 0 Å². The normalized spacial score (nSPS) is 20.1. The standard InChI is InChI=1S/C23H39N3O8/c1-13(2)18(26-22(33)34-23(3,4)5)20(30)24-12-14-6-8-15(9-7-14)19(29)25-16(21(31)32)10-11-17(27)28/h13-16,18H,6-12H2,1-5H3,(H,24,30)(H,25,29)(H,26,33)(H,27,28)(H,31,32)/t14?,15?,16-,18+/m0/s1. The molecule has 11 heteroatoms. The van der Waals surface area contributed by atoms with E-state index < -0.39 is 35.7 Å². The van der Waals surface area contributed by atoms with Gasteiger partial charge >= 0.3 is 18.0 Å². The van der Waals surface area contributed by atoms with E-state index in [2.05, 4.69) is 16.0 Å². The highest BCUT2D eigenvalue weighted by molar-refractivity contribution is 5.86. The zero-order valence-corrected chi connectivity index (χ0v) is 20.7. The fraction of sp³-hybridized carbons (Fsp3) is 0.783. The molecule has 194 valence electrons. The van der Waals surface area contributed by atoms with Crippen molar-refractivity contribution in [3.05, 3.63) is 0 Å². The second-order valence-corrected chi connectivity index (χ2v) is 10.2. The molecule has 0 aromatic rings. The van der Waals surface area contributed by atoms with Gasteiger partial charge in [-0.1, -0.05) is 13.8 Å². The average molecular weight is 486 g/mol. The molecule has 5 N–H and O–H groups in total. The van der Waals surface area contributed by atoms with Crippen LogP contribution in [-0.4, -0.2) is 64.3 Å². The predicted octanol–water partition coefficient (Wildman–Crippen LogP) is 1.89. The molecule has 1 fully saturated rings. The monoisotopic (exact) mass is 485 g/mol. The zero-order chi connectivity index (χ0) is 26.1. The lowest BCUT2D eigenvalue weighted by Crippen LogP contribution is -2.51. The molecule has 11 nitrogen and oxygen atoms in total. The van der Waals surface area contributed by atoms with Gasteiger partial charge in [0.1, 0.15) is 17.7 Å². The van der Waals surface area contributed by atoms with Gasteiger partial charge in [-0.15, -0.1) is 0 Å². The van der Waals surface area contributed by atoms with Crippen LogP contribution in [0.4, 0.5) is 4.79 Å². The van der Waals surface area contributed by atoms with Crippen LogP contribution >= 0.6 is 0 Å². The molecule has 0 heterocycles. The highest BCUT2D eigenvalue weighted by atomic mass is 16.6. The van der Waals surface area contributed by atoms with E-state index in [1.54, 1.807) is 20.8 Å². The maximum absolute atomic E-state index is 12.7. The first-order chi connectivity index (χ1) is 15.7. The van der Waals surface area contributed by atoms with E-state index in [0.29, 0.717) is 32.2 Å². The minimum absolute atomic E-state index is 0.143. The van der Waals surface area contributed by atoms with Crippen molar-refractivity contribution in [2.75, 3.05) is 6.54 Å². The van der Waals surface area contributed by atoms with E-state index in [0.717, 1.165) is 0 Å². The third-order valence-corrected chi connectivity index (χ3v) is 5.67. The molecule has 2 atom stereocenters. The summed E-state index contributed by atoms with van der Waals surface area (Å²) in [5.74, 6) is -3.41. The number of carbonyl (C=O) groups excluding carboxylic acids is 3. The molecule has 1 aliphatic rings. The molecule has 1 rings (SSSR count). The van der Waals surface area contributed by atoms with Crippen molar-refractivity contribution in [3.63, 3.8) is 0 Å². The van der Waals surface area contributed by atoms with E-state index >= 15 is 0 Å². The molecular weight excluding hydrogens is 446 g/mol. The molecule has 34 heavy (non-hydrogen) atoms. The number of carboxylic acid groups (broad SMARTS) is 2. The summed E-state index contributed by atoms with van der Waals surface area (Å²) in [6.45, 7) is 9.28. The smallest absolute Gasteiger partial charge is 0.408 e. The van der Waals surface area contributed by atoms with Crippen LogP contribution < -0.4 is 16.0 Å². The largest absolute Gasteiger partial charge is 0.481 e. The molecule has 0 spiro atoms. The summed E-state index contributed by atoms with van der Waals surface area (Å²) in [5.41, 5.74) is -0.673. The van der Waals surface area contributed by atoms with Gasteiger partial charge in [-0.25, -0.2) is 9.59 Å². The van der Waals surface area contributed by atoms with Gasteiger partial charge in [0.2, 0.25) is 11.8 Å². The van der Waals surface area contributed by atoms with Crippen LogP contribution in [0.15, 0.2) is 0 Å². The van der Waals surface area contributed by atoms with Crippen LogP contribution in [0, 0.1) is 17.8 Å². The Kier molecular flexibility index (Phi) is 11.3. The van der Waals surface area contributed by atoms with Crippen molar-refractivity contribution in [3.8, 4) is 0 Å². The number of ether oxygens (including phenoxy) is 1. The summed E-state index contributed by atoms with van der Waals surface area (Å²) < 4.78 is 5.23. The summed E-state index contributed by atoms with van der Waals surface area (Å²) in [6.07, 6.45) is 1.27. The van der Waals surface area contributed by atoms with Gasteiger partial charge in [0.15, 0.2) is 0 Å². The molecule has 0 aromatic heterocycles. The quantitative estimate of drug-likeness (QED) is 0.295. The van der Waals surface area contributed by atoms with Crippen LogP contribution in [0.3, 0.4) is 0 Å². The van der Waals surface area contributed by atoms with Gasteiger partial charge in [0.05, 0.1) is 0 Å².